The van der Waals surface area contributed by atoms with Crippen molar-refractivity contribution >= 4 is 23.2 Å². The summed E-state index contributed by atoms with van der Waals surface area (Å²) in [4.78, 5) is 55.9. The summed E-state index contributed by atoms with van der Waals surface area (Å²) in [5.74, 6) is -6.89. The van der Waals surface area contributed by atoms with Gasteiger partial charge in [0.2, 0.25) is 5.78 Å². The maximum absolute atomic E-state index is 13.9. The minimum Gasteiger partial charge on any atom is -0.368 e. The van der Waals surface area contributed by atoms with Crippen LogP contribution in [0.3, 0.4) is 0 Å². The number of hydrogen-bond donors (Lipinski definition) is 0. The third kappa shape index (κ3) is 6.91. The van der Waals surface area contributed by atoms with Gasteiger partial charge < -0.3 is 14.4 Å². The van der Waals surface area contributed by atoms with E-state index in [1.165, 1.54) is 21.7 Å². The minimum absolute atomic E-state index is 0.0818. The molecule has 0 spiro atoms. The Hall–Kier alpha value is -4.99. The van der Waals surface area contributed by atoms with Crippen molar-refractivity contribution in [2.24, 2.45) is 0 Å². The third-order valence-corrected chi connectivity index (χ3v) is 7.34. The molecule has 1 aliphatic rings. The Morgan fingerprint density at radius 2 is 1.33 bits per heavy atom. The first-order valence-electron chi connectivity index (χ1n) is 13.8. The van der Waals surface area contributed by atoms with Gasteiger partial charge in [-0.1, -0.05) is 48.5 Å². The van der Waals surface area contributed by atoms with Crippen LogP contribution in [-0.2, 0) is 22.6 Å². The highest BCUT2D eigenvalue weighted by atomic mass is 19.2. The number of nitrogens with zero attached hydrogens (tertiary/aromatic N) is 3. The number of carbonyl (C=O) groups is 3. The van der Waals surface area contributed by atoms with Crippen molar-refractivity contribution in [1.29, 1.82) is 0 Å². The monoisotopic (exact) mass is 587 g/mol. The maximum atomic E-state index is 13.9. The summed E-state index contributed by atoms with van der Waals surface area (Å²) >= 11 is 0. The predicted octanol–water partition coefficient (Wildman–Crippen LogP) is 4.40. The summed E-state index contributed by atoms with van der Waals surface area (Å²) in [6.45, 7) is 1.73. The van der Waals surface area contributed by atoms with Gasteiger partial charge in [0.1, 0.15) is 0 Å². The molecule has 4 aromatic rings. The average Bonchev–Trinajstić information content (AvgIpc) is 3.02. The van der Waals surface area contributed by atoms with E-state index in [0.717, 1.165) is 23.4 Å². The van der Waals surface area contributed by atoms with Gasteiger partial charge in [-0.05, 0) is 53.4 Å². The lowest BCUT2D eigenvalue weighted by molar-refractivity contribution is -0.144. The van der Waals surface area contributed by atoms with Crippen molar-refractivity contribution in [2.75, 3.05) is 31.1 Å². The fraction of sp³-hybridized carbons (Fsp3) is 0.212. The van der Waals surface area contributed by atoms with Gasteiger partial charge in [0.15, 0.2) is 23.2 Å². The van der Waals surface area contributed by atoms with Crippen LogP contribution in [0, 0.1) is 17.5 Å². The van der Waals surface area contributed by atoms with E-state index in [2.05, 4.69) is 4.90 Å². The van der Waals surface area contributed by atoms with E-state index in [0.29, 0.717) is 31.7 Å². The molecule has 2 heterocycles. The van der Waals surface area contributed by atoms with Crippen molar-refractivity contribution in [3.05, 3.63) is 135 Å². The molecule has 0 bridgehead atoms. The van der Waals surface area contributed by atoms with Gasteiger partial charge in [-0.25, -0.2) is 13.2 Å². The fourth-order valence-corrected chi connectivity index (χ4v) is 5.14. The zero-order chi connectivity index (χ0) is 30.5. The summed E-state index contributed by atoms with van der Waals surface area (Å²) in [7, 11) is 0. The van der Waals surface area contributed by atoms with E-state index in [4.69, 9.17) is 0 Å². The number of halogens is 3. The highest BCUT2D eigenvalue weighted by Gasteiger charge is 2.29. The second-order valence-electron chi connectivity index (χ2n) is 10.4. The van der Waals surface area contributed by atoms with Crippen LogP contribution < -0.4 is 10.5 Å². The fourth-order valence-electron chi connectivity index (χ4n) is 5.14. The lowest BCUT2D eigenvalue weighted by Gasteiger charge is -2.35. The molecule has 1 amide bonds. The number of aromatic nitrogens is 1. The Morgan fingerprint density at radius 3 is 1.95 bits per heavy atom. The normalized spacial score (nSPS) is 13.2. The molecule has 1 aromatic heterocycles. The van der Waals surface area contributed by atoms with Gasteiger partial charge in [-0.2, -0.15) is 0 Å². The molecular formula is C33H28F3N3O4. The van der Waals surface area contributed by atoms with Crippen LogP contribution in [0.4, 0.5) is 18.9 Å². The van der Waals surface area contributed by atoms with Crippen LogP contribution in [0.25, 0.3) is 0 Å². The lowest BCUT2D eigenvalue weighted by Crippen LogP contribution is -2.50. The molecule has 0 aliphatic carbocycles. The van der Waals surface area contributed by atoms with E-state index in [1.807, 2.05) is 30.3 Å². The van der Waals surface area contributed by atoms with Gasteiger partial charge in [0.25, 0.3) is 11.5 Å². The molecular weight excluding hydrogens is 559 g/mol. The van der Waals surface area contributed by atoms with Crippen molar-refractivity contribution in [2.45, 2.75) is 19.4 Å². The number of benzene rings is 3. The van der Waals surface area contributed by atoms with Crippen LogP contribution in [0.5, 0.6) is 0 Å². The number of piperazine rings is 1. The number of para-hydroxylation sites is 1. The largest absolute Gasteiger partial charge is 0.368 e. The zero-order valence-electron chi connectivity index (χ0n) is 23.1. The van der Waals surface area contributed by atoms with Crippen molar-refractivity contribution in [3.8, 4) is 0 Å². The molecule has 3 aromatic carbocycles. The van der Waals surface area contributed by atoms with Gasteiger partial charge >= 0.3 is 0 Å². The van der Waals surface area contributed by atoms with Gasteiger partial charge in [0.05, 0.1) is 18.5 Å². The highest BCUT2D eigenvalue weighted by Crippen LogP contribution is 2.19. The molecule has 7 nitrogen and oxygen atoms in total. The van der Waals surface area contributed by atoms with E-state index < -0.39 is 46.9 Å². The zero-order valence-corrected chi connectivity index (χ0v) is 23.1. The van der Waals surface area contributed by atoms with Crippen LogP contribution in [0.2, 0.25) is 0 Å². The molecule has 1 saturated heterocycles. The number of ketones is 2. The molecule has 10 heteroatoms. The first kappa shape index (κ1) is 29.5. The number of carbonyl (C=O) groups excluding carboxylic acids is 3. The number of anilines is 1. The SMILES string of the molecule is O=C(CC(=O)c1cc(Cc2cc(F)c(F)c(F)c2)cn(Cc2ccccc2)c1=O)C(=O)N1CCN(c2ccccc2)CC1. The minimum atomic E-state index is -1.60. The van der Waals surface area contributed by atoms with Gasteiger partial charge in [-0.3, -0.25) is 19.2 Å². The average molecular weight is 588 g/mol. The molecule has 0 atom stereocenters. The van der Waals surface area contributed by atoms with E-state index >= 15 is 0 Å². The molecule has 5 rings (SSSR count). The first-order chi connectivity index (χ1) is 20.7. The summed E-state index contributed by atoms with van der Waals surface area (Å²) in [6, 6.07) is 21.5. The van der Waals surface area contributed by atoms with Gasteiger partial charge in [0, 0.05) is 38.1 Å². The molecule has 0 saturated carbocycles. The Kier molecular flexibility index (Phi) is 8.85. The molecule has 1 aliphatic heterocycles. The van der Waals surface area contributed by atoms with Crippen LogP contribution in [-0.4, -0.2) is 53.1 Å². The lowest BCUT2D eigenvalue weighted by atomic mass is 10.0. The second-order valence-corrected chi connectivity index (χ2v) is 10.4. The maximum Gasteiger partial charge on any atom is 0.290 e. The summed E-state index contributed by atoms with van der Waals surface area (Å²) in [6.07, 6.45) is 0.522. The molecule has 0 radical (unpaired) electrons. The van der Waals surface area contributed by atoms with E-state index in [1.54, 1.807) is 30.3 Å². The quantitative estimate of drug-likeness (QED) is 0.126. The molecule has 43 heavy (non-hydrogen) atoms. The Labute approximate surface area is 245 Å². The Bertz CT molecular complexity index is 1690. The first-order valence-corrected chi connectivity index (χ1v) is 13.8. The van der Waals surface area contributed by atoms with Crippen molar-refractivity contribution in [1.82, 2.24) is 9.47 Å². The Balaban J connectivity index is 1.35. The smallest absolute Gasteiger partial charge is 0.290 e. The molecule has 220 valence electrons. The highest BCUT2D eigenvalue weighted by molar-refractivity contribution is 6.40. The summed E-state index contributed by atoms with van der Waals surface area (Å²) in [5.41, 5.74) is 1.17. The number of hydrogen-bond acceptors (Lipinski definition) is 5. The molecule has 0 unspecified atom stereocenters. The molecule has 1 fully saturated rings. The standard InChI is InChI=1S/C33H28F3N3O4/c34-27-17-23(18-28(35)31(27)36)15-24-16-26(32(42)39(21-24)20-22-7-3-1-4-8-22)29(40)19-30(41)33(43)38-13-11-37(12-14-38)25-9-5-2-6-10-25/h1-10,16-18,21H,11-15,19-20H2. The third-order valence-electron chi connectivity index (χ3n) is 7.34. The summed E-state index contributed by atoms with van der Waals surface area (Å²) < 4.78 is 42.5. The number of amides is 1. The van der Waals surface area contributed by atoms with Crippen LogP contribution >= 0.6 is 0 Å². The number of pyridine rings is 1. The van der Waals surface area contributed by atoms with Crippen molar-refractivity contribution < 1.29 is 27.6 Å². The van der Waals surface area contributed by atoms with Gasteiger partial charge in [-0.15, -0.1) is 0 Å². The molecule has 0 N–H and O–H groups in total. The van der Waals surface area contributed by atoms with Crippen LogP contribution in [0.1, 0.15) is 33.5 Å². The number of rotatable bonds is 9. The van der Waals surface area contributed by atoms with E-state index in [9.17, 15) is 32.3 Å². The topological polar surface area (TPSA) is 79.7 Å². The second kappa shape index (κ2) is 12.9. The number of Topliss-reactive ketones (excluding diaryl/α,β-unsaturated/α-hetero) is 2. The predicted molar refractivity (Wildman–Crippen MR) is 155 cm³/mol. The van der Waals surface area contributed by atoms with E-state index in [-0.39, 0.29) is 24.1 Å². The van der Waals surface area contributed by atoms with Crippen LogP contribution in [0.15, 0.2) is 89.9 Å². The Morgan fingerprint density at radius 1 is 0.721 bits per heavy atom. The van der Waals surface area contributed by atoms with Crippen molar-refractivity contribution in [3.63, 3.8) is 0 Å². The summed E-state index contributed by atoms with van der Waals surface area (Å²) in [5, 5.41) is 0.